The van der Waals surface area contributed by atoms with Crippen LogP contribution in [-0.4, -0.2) is 43.0 Å². The first-order chi connectivity index (χ1) is 18.4. The van der Waals surface area contributed by atoms with Crippen molar-refractivity contribution in [3.63, 3.8) is 0 Å². The molecule has 0 atom stereocenters. The third kappa shape index (κ3) is 6.54. The van der Waals surface area contributed by atoms with E-state index in [1.165, 1.54) is 13.8 Å². The van der Waals surface area contributed by atoms with Crippen molar-refractivity contribution in [3.05, 3.63) is 54.1 Å². The van der Waals surface area contributed by atoms with Crippen molar-refractivity contribution < 1.29 is 32.2 Å². The van der Waals surface area contributed by atoms with E-state index in [0.29, 0.717) is 12.2 Å². The number of anilines is 1. The van der Waals surface area contributed by atoms with Gasteiger partial charge in [0.2, 0.25) is 0 Å². The Morgan fingerprint density at radius 3 is 2.21 bits per heavy atom. The quantitative estimate of drug-likeness (QED) is 0.408. The van der Waals surface area contributed by atoms with Crippen LogP contribution in [0.4, 0.5) is 18.9 Å². The molecule has 1 fully saturated rings. The number of methoxy groups -OCH3 is 1. The summed E-state index contributed by atoms with van der Waals surface area (Å²) in [6.07, 6.45) is 1.41. The molecule has 210 valence electrons. The maximum Gasteiger partial charge on any atom is 0.405 e. The first kappa shape index (κ1) is 28.4. The topological polar surface area (TPSA) is 80.2 Å². The summed E-state index contributed by atoms with van der Waals surface area (Å²) >= 11 is 0. The molecular formula is C29H34F3N3O4. The van der Waals surface area contributed by atoms with Crippen molar-refractivity contribution in [2.75, 3.05) is 18.7 Å². The maximum atomic E-state index is 13.5. The van der Waals surface area contributed by atoms with Gasteiger partial charge < -0.3 is 14.8 Å². The molecular weight excluding hydrogens is 511 g/mol. The van der Waals surface area contributed by atoms with Crippen molar-refractivity contribution in [3.8, 4) is 11.5 Å². The smallest absolute Gasteiger partial charge is 0.405 e. The lowest BCUT2D eigenvalue weighted by molar-refractivity contribution is -0.146. The van der Waals surface area contributed by atoms with Crippen LogP contribution in [-0.2, 0) is 16.0 Å². The van der Waals surface area contributed by atoms with Gasteiger partial charge in [-0.05, 0) is 87.9 Å². The molecule has 4 rings (SSSR count). The number of benzene rings is 2. The number of nitrogens with one attached hydrogen (secondary N) is 1. The number of hydrogen-bond acceptors (Lipinski definition) is 5. The average molecular weight is 546 g/mol. The van der Waals surface area contributed by atoms with Gasteiger partial charge in [0.05, 0.1) is 23.9 Å². The highest BCUT2D eigenvalue weighted by Crippen LogP contribution is 2.47. The van der Waals surface area contributed by atoms with Crippen LogP contribution in [0, 0.1) is 5.41 Å². The summed E-state index contributed by atoms with van der Waals surface area (Å²) in [7, 11) is 1.60. The highest BCUT2D eigenvalue weighted by atomic mass is 19.4. The van der Waals surface area contributed by atoms with Gasteiger partial charge in [-0.15, -0.1) is 0 Å². The summed E-state index contributed by atoms with van der Waals surface area (Å²) in [6, 6.07) is 14.5. The van der Waals surface area contributed by atoms with Crippen molar-refractivity contribution >= 4 is 23.2 Å². The van der Waals surface area contributed by atoms with E-state index in [9.17, 15) is 22.8 Å². The lowest BCUT2D eigenvalue weighted by atomic mass is 9.78. The van der Waals surface area contributed by atoms with E-state index in [1.54, 1.807) is 24.3 Å². The zero-order valence-corrected chi connectivity index (χ0v) is 22.4. The van der Waals surface area contributed by atoms with Gasteiger partial charge in [-0.25, -0.2) is 0 Å². The molecule has 2 aromatic rings. The largest absolute Gasteiger partial charge is 0.497 e. The van der Waals surface area contributed by atoms with Crippen molar-refractivity contribution in [1.29, 1.82) is 0 Å². The number of aryl methyl sites for hydroxylation is 1. The predicted octanol–water partition coefficient (Wildman–Crippen LogP) is 5.82. The van der Waals surface area contributed by atoms with Gasteiger partial charge in [0.25, 0.3) is 11.8 Å². The summed E-state index contributed by atoms with van der Waals surface area (Å²) < 4.78 is 48.1. The molecule has 0 aromatic heterocycles. The molecule has 2 amide bonds. The van der Waals surface area contributed by atoms with Gasteiger partial charge in [0.1, 0.15) is 18.0 Å². The number of amides is 2. The minimum atomic E-state index is -4.49. The molecule has 1 N–H and O–H groups in total. The Labute approximate surface area is 226 Å². The number of carbonyl (C=O) groups excluding carboxylic acids is 2. The lowest BCUT2D eigenvalue weighted by Crippen LogP contribution is -2.49. The van der Waals surface area contributed by atoms with E-state index in [2.05, 4.69) is 0 Å². The van der Waals surface area contributed by atoms with Gasteiger partial charge in [-0.3, -0.25) is 9.59 Å². The number of hydrazone groups is 1. The fraction of sp³-hybridized carbons (Fsp3) is 0.483. The van der Waals surface area contributed by atoms with Crippen LogP contribution in [0.25, 0.3) is 0 Å². The van der Waals surface area contributed by atoms with Crippen molar-refractivity contribution in [2.45, 2.75) is 70.6 Å². The molecule has 7 nitrogen and oxygen atoms in total. The molecule has 0 unspecified atom stereocenters. The second kappa shape index (κ2) is 11.3. The lowest BCUT2D eigenvalue weighted by Gasteiger charge is -2.25. The molecule has 1 aliphatic heterocycles. The summed E-state index contributed by atoms with van der Waals surface area (Å²) in [5.41, 5.74) is 0.723. The molecule has 1 saturated carbocycles. The number of ether oxygens (including phenoxy) is 2. The standard InChI is InChI=1S/C29H34F3N3O4/c1-27(2,25(36)33-19-29(30,31)32)39-23-13-9-20(10-14-23)7-6-8-24-28(17-4-5-18-28)26(37)35(34-24)21-11-15-22(38-3)16-12-21/h9-16H,4-8,17-19H2,1-3H3,(H,33,36). The Balaban J connectivity index is 1.36. The second-order valence-electron chi connectivity index (χ2n) is 10.6. The van der Waals surface area contributed by atoms with Crippen LogP contribution in [0.1, 0.15) is 57.9 Å². The molecule has 2 aliphatic rings. The van der Waals surface area contributed by atoms with E-state index in [4.69, 9.17) is 14.6 Å². The van der Waals surface area contributed by atoms with Crippen molar-refractivity contribution in [1.82, 2.24) is 5.32 Å². The highest BCUT2D eigenvalue weighted by Gasteiger charge is 2.52. The summed E-state index contributed by atoms with van der Waals surface area (Å²) in [5, 5.41) is 8.19. The second-order valence-corrected chi connectivity index (χ2v) is 10.6. The molecule has 1 spiro atoms. The molecule has 39 heavy (non-hydrogen) atoms. The van der Waals surface area contributed by atoms with E-state index in [-0.39, 0.29) is 5.91 Å². The van der Waals surface area contributed by atoms with E-state index in [1.807, 2.05) is 41.7 Å². The predicted molar refractivity (Wildman–Crippen MR) is 142 cm³/mol. The number of rotatable bonds is 10. The number of nitrogens with zero attached hydrogens (tertiary/aromatic N) is 2. The van der Waals surface area contributed by atoms with E-state index >= 15 is 0 Å². The molecule has 2 aromatic carbocycles. The van der Waals surface area contributed by atoms with Crippen LogP contribution >= 0.6 is 0 Å². The Morgan fingerprint density at radius 2 is 1.62 bits per heavy atom. The SMILES string of the molecule is COc1ccc(N2N=C(CCCc3ccc(OC(C)(C)C(=O)NCC(F)(F)F)cc3)C3(CCCC3)C2=O)cc1. The van der Waals surface area contributed by atoms with Gasteiger partial charge >= 0.3 is 6.18 Å². The first-order valence-electron chi connectivity index (χ1n) is 13.1. The van der Waals surface area contributed by atoms with Crippen LogP contribution in [0.5, 0.6) is 11.5 Å². The Kier molecular flexibility index (Phi) is 8.23. The Hall–Kier alpha value is -3.56. The zero-order chi connectivity index (χ0) is 28.3. The fourth-order valence-corrected chi connectivity index (χ4v) is 5.18. The number of carbonyl (C=O) groups is 2. The zero-order valence-electron chi connectivity index (χ0n) is 22.4. The minimum Gasteiger partial charge on any atom is -0.497 e. The third-order valence-electron chi connectivity index (χ3n) is 7.32. The van der Waals surface area contributed by atoms with E-state index < -0.39 is 29.6 Å². The molecule has 0 radical (unpaired) electrons. The maximum absolute atomic E-state index is 13.5. The number of alkyl halides is 3. The van der Waals surface area contributed by atoms with Gasteiger partial charge in [0, 0.05) is 0 Å². The van der Waals surface area contributed by atoms with Crippen LogP contribution in [0.3, 0.4) is 0 Å². The normalized spacial score (nSPS) is 16.9. The first-order valence-corrected chi connectivity index (χ1v) is 13.1. The molecule has 1 aliphatic carbocycles. The van der Waals surface area contributed by atoms with Crippen LogP contribution in [0.2, 0.25) is 0 Å². The Morgan fingerprint density at radius 1 is 1.00 bits per heavy atom. The van der Waals surface area contributed by atoms with Gasteiger partial charge in [-0.2, -0.15) is 23.3 Å². The van der Waals surface area contributed by atoms with Crippen LogP contribution in [0.15, 0.2) is 53.6 Å². The number of halogens is 3. The van der Waals surface area contributed by atoms with E-state index in [0.717, 1.165) is 61.2 Å². The highest BCUT2D eigenvalue weighted by molar-refractivity contribution is 6.19. The molecule has 0 saturated heterocycles. The van der Waals surface area contributed by atoms with Gasteiger partial charge in [-0.1, -0.05) is 25.0 Å². The van der Waals surface area contributed by atoms with Crippen molar-refractivity contribution in [2.24, 2.45) is 10.5 Å². The van der Waals surface area contributed by atoms with Gasteiger partial charge in [0.15, 0.2) is 5.60 Å². The molecule has 1 heterocycles. The monoisotopic (exact) mass is 545 g/mol. The fourth-order valence-electron chi connectivity index (χ4n) is 5.18. The van der Waals surface area contributed by atoms with Crippen LogP contribution < -0.4 is 19.8 Å². The summed E-state index contributed by atoms with van der Waals surface area (Å²) in [5.74, 6) is 0.301. The summed E-state index contributed by atoms with van der Waals surface area (Å²) in [4.78, 5) is 25.6. The summed E-state index contributed by atoms with van der Waals surface area (Å²) in [6.45, 7) is 1.43. The number of hydrogen-bond donors (Lipinski definition) is 1. The average Bonchev–Trinajstić information content (AvgIpc) is 3.50. The Bertz CT molecular complexity index is 1200. The molecule has 10 heteroatoms. The molecule has 0 bridgehead atoms. The third-order valence-corrected chi connectivity index (χ3v) is 7.32. The minimum absolute atomic E-state index is 0.0450.